The number of nitrogens with one attached hydrogen (secondary N) is 1. The van der Waals surface area contributed by atoms with Crippen LogP contribution in [0.15, 0.2) is 36.4 Å². The van der Waals surface area contributed by atoms with Crippen molar-refractivity contribution < 1.29 is 23.3 Å². The molecular formula is C16H15ClF3N2O+. The summed E-state index contributed by atoms with van der Waals surface area (Å²) in [5.41, 5.74) is 0.680. The van der Waals surface area contributed by atoms with E-state index in [1.54, 1.807) is 12.2 Å². The first-order valence-corrected chi connectivity index (χ1v) is 7.28. The smallest absolute Gasteiger partial charge is 0.279 e. The second kappa shape index (κ2) is 7.48. The van der Waals surface area contributed by atoms with Crippen molar-refractivity contribution in [1.82, 2.24) is 0 Å². The van der Waals surface area contributed by atoms with Gasteiger partial charge in [-0.15, -0.1) is 0 Å². The number of amides is 1. The van der Waals surface area contributed by atoms with Crippen molar-refractivity contribution in [2.24, 2.45) is 0 Å². The molecule has 0 aliphatic rings. The summed E-state index contributed by atoms with van der Waals surface area (Å²) in [6.07, 6.45) is 0. The Morgan fingerprint density at radius 2 is 1.91 bits per heavy atom. The lowest BCUT2D eigenvalue weighted by atomic mass is 10.1. The lowest BCUT2D eigenvalue weighted by Gasteiger charge is -2.12. The molecule has 2 aromatic carbocycles. The first-order chi connectivity index (χ1) is 10.9. The van der Waals surface area contributed by atoms with E-state index in [-0.39, 0.29) is 23.5 Å². The van der Waals surface area contributed by atoms with Gasteiger partial charge in [0.2, 0.25) is 0 Å². The van der Waals surface area contributed by atoms with Crippen LogP contribution in [-0.4, -0.2) is 12.5 Å². The van der Waals surface area contributed by atoms with Gasteiger partial charge in [-0.1, -0.05) is 11.6 Å². The Hall–Kier alpha value is -2.05. The Labute approximate surface area is 136 Å². The van der Waals surface area contributed by atoms with Gasteiger partial charge in [-0.2, -0.15) is 0 Å². The normalized spacial score (nSPS) is 12.0. The Bertz CT molecular complexity index is 724. The van der Waals surface area contributed by atoms with E-state index >= 15 is 0 Å². The molecule has 1 amide bonds. The molecule has 0 saturated heterocycles. The highest BCUT2D eigenvalue weighted by atomic mass is 35.5. The van der Waals surface area contributed by atoms with Crippen LogP contribution in [0.1, 0.15) is 18.5 Å². The summed E-state index contributed by atoms with van der Waals surface area (Å²) in [6, 6.07) is 6.81. The number of anilines is 1. The minimum atomic E-state index is -0.653. The van der Waals surface area contributed by atoms with Crippen LogP contribution in [0.2, 0.25) is 5.02 Å². The van der Waals surface area contributed by atoms with Gasteiger partial charge in [0.25, 0.3) is 5.91 Å². The molecule has 2 rings (SSSR count). The van der Waals surface area contributed by atoms with Gasteiger partial charge < -0.3 is 10.6 Å². The van der Waals surface area contributed by atoms with Crippen molar-refractivity contribution in [3.8, 4) is 0 Å². The monoisotopic (exact) mass is 343 g/mol. The molecule has 0 aromatic heterocycles. The van der Waals surface area contributed by atoms with E-state index in [1.807, 2.05) is 0 Å². The standard InChI is InChI=1S/C16H14ClF3N2O/c1-9(12-4-2-10(18)6-15(12)20)21-8-16(23)22-11-3-5-14(19)13(17)7-11/h2-7,9,21H,8H2,1H3,(H,22,23)/p+1/t9-/m1/s1. The number of carbonyl (C=O) groups excluding carboxylic acids is 1. The van der Waals surface area contributed by atoms with E-state index in [2.05, 4.69) is 5.32 Å². The molecule has 0 aliphatic heterocycles. The molecule has 0 spiro atoms. The van der Waals surface area contributed by atoms with E-state index in [9.17, 15) is 18.0 Å². The number of nitrogens with two attached hydrogens (primary N) is 1. The molecule has 7 heteroatoms. The molecule has 0 radical (unpaired) electrons. The topological polar surface area (TPSA) is 45.7 Å². The van der Waals surface area contributed by atoms with E-state index in [0.717, 1.165) is 12.1 Å². The van der Waals surface area contributed by atoms with Gasteiger partial charge in [0.1, 0.15) is 23.5 Å². The molecule has 0 saturated carbocycles. The molecule has 0 unspecified atom stereocenters. The fourth-order valence-corrected chi connectivity index (χ4v) is 2.25. The van der Waals surface area contributed by atoms with Crippen molar-refractivity contribution in [2.75, 3.05) is 11.9 Å². The van der Waals surface area contributed by atoms with Crippen LogP contribution in [0.3, 0.4) is 0 Å². The molecule has 122 valence electrons. The Morgan fingerprint density at radius 3 is 2.57 bits per heavy atom. The molecule has 2 aromatic rings. The third kappa shape index (κ3) is 4.71. The molecule has 0 bridgehead atoms. The van der Waals surface area contributed by atoms with Crippen molar-refractivity contribution in [3.63, 3.8) is 0 Å². The first kappa shape index (κ1) is 17.3. The van der Waals surface area contributed by atoms with Gasteiger partial charge in [-0.05, 0) is 37.3 Å². The summed E-state index contributed by atoms with van der Waals surface area (Å²) in [7, 11) is 0. The zero-order chi connectivity index (χ0) is 17.0. The molecule has 0 heterocycles. The van der Waals surface area contributed by atoms with Crippen LogP contribution in [0.5, 0.6) is 0 Å². The van der Waals surface area contributed by atoms with Crippen LogP contribution in [0.4, 0.5) is 18.9 Å². The SMILES string of the molecule is C[C@@H]([NH2+]CC(=O)Nc1ccc(F)c(Cl)c1)c1ccc(F)cc1F. The fourth-order valence-electron chi connectivity index (χ4n) is 2.07. The first-order valence-electron chi connectivity index (χ1n) is 6.90. The maximum Gasteiger partial charge on any atom is 0.279 e. The number of hydrogen-bond acceptors (Lipinski definition) is 1. The van der Waals surface area contributed by atoms with Crippen LogP contribution < -0.4 is 10.6 Å². The van der Waals surface area contributed by atoms with Crippen LogP contribution in [-0.2, 0) is 4.79 Å². The molecule has 0 fully saturated rings. The number of carbonyl (C=O) groups is 1. The second-order valence-electron chi connectivity index (χ2n) is 5.07. The molecule has 3 nitrogen and oxygen atoms in total. The maximum atomic E-state index is 13.6. The van der Waals surface area contributed by atoms with Gasteiger partial charge in [0.15, 0.2) is 6.54 Å². The Balaban J connectivity index is 1.91. The van der Waals surface area contributed by atoms with Gasteiger partial charge in [0, 0.05) is 17.3 Å². The van der Waals surface area contributed by atoms with E-state index in [4.69, 9.17) is 11.6 Å². The quantitative estimate of drug-likeness (QED) is 0.861. The lowest BCUT2D eigenvalue weighted by Crippen LogP contribution is -2.86. The number of halogens is 4. The third-order valence-corrected chi connectivity index (χ3v) is 3.60. The Morgan fingerprint density at radius 1 is 1.17 bits per heavy atom. The summed E-state index contributed by atoms with van der Waals surface area (Å²) in [5.74, 6) is -2.22. The average Bonchev–Trinajstić information content (AvgIpc) is 2.48. The van der Waals surface area contributed by atoms with Crippen molar-refractivity contribution in [2.45, 2.75) is 13.0 Å². The predicted octanol–water partition coefficient (Wildman–Crippen LogP) is 3.02. The molecule has 23 heavy (non-hydrogen) atoms. The van der Waals surface area contributed by atoms with Gasteiger partial charge in [0.05, 0.1) is 5.02 Å². The number of benzene rings is 2. The van der Waals surface area contributed by atoms with Gasteiger partial charge in [-0.3, -0.25) is 4.79 Å². The van der Waals surface area contributed by atoms with Crippen molar-refractivity contribution >= 4 is 23.2 Å². The summed E-state index contributed by atoms with van der Waals surface area (Å²) in [6.45, 7) is 1.73. The Kier molecular flexibility index (Phi) is 5.63. The van der Waals surface area contributed by atoms with Crippen LogP contribution >= 0.6 is 11.6 Å². The average molecular weight is 344 g/mol. The summed E-state index contributed by atoms with van der Waals surface area (Å²) < 4.78 is 39.6. The summed E-state index contributed by atoms with van der Waals surface area (Å²) >= 11 is 5.63. The highest BCUT2D eigenvalue weighted by Crippen LogP contribution is 2.19. The highest BCUT2D eigenvalue weighted by molar-refractivity contribution is 6.31. The summed E-state index contributed by atoms with van der Waals surface area (Å²) in [5, 5.41) is 4.08. The second-order valence-corrected chi connectivity index (χ2v) is 5.48. The molecular weight excluding hydrogens is 329 g/mol. The number of quaternary nitrogens is 1. The third-order valence-electron chi connectivity index (χ3n) is 3.31. The van der Waals surface area contributed by atoms with E-state index in [0.29, 0.717) is 11.3 Å². The number of rotatable bonds is 5. The predicted molar refractivity (Wildman–Crippen MR) is 81.6 cm³/mol. The minimum absolute atomic E-state index is 0.0208. The maximum absolute atomic E-state index is 13.6. The highest BCUT2D eigenvalue weighted by Gasteiger charge is 2.16. The minimum Gasteiger partial charge on any atom is -0.332 e. The van der Waals surface area contributed by atoms with Gasteiger partial charge >= 0.3 is 0 Å². The molecule has 0 aliphatic carbocycles. The molecule has 3 N–H and O–H groups in total. The zero-order valence-corrected chi connectivity index (χ0v) is 13.0. The van der Waals surface area contributed by atoms with E-state index in [1.165, 1.54) is 24.3 Å². The number of hydrogen-bond donors (Lipinski definition) is 2. The van der Waals surface area contributed by atoms with Crippen LogP contribution in [0.25, 0.3) is 0 Å². The zero-order valence-electron chi connectivity index (χ0n) is 12.2. The van der Waals surface area contributed by atoms with Gasteiger partial charge in [-0.25, -0.2) is 13.2 Å². The fraction of sp³-hybridized carbons (Fsp3) is 0.188. The largest absolute Gasteiger partial charge is 0.332 e. The van der Waals surface area contributed by atoms with Crippen LogP contribution in [0, 0.1) is 17.5 Å². The van der Waals surface area contributed by atoms with Crippen molar-refractivity contribution in [3.05, 3.63) is 64.4 Å². The molecule has 1 atom stereocenters. The van der Waals surface area contributed by atoms with E-state index < -0.39 is 17.5 Å². The van der Waals surface area contributed by atoms with Crippen molar-refractivity contribution in [1.29, 1.82) is 0 Å². The lowest BCUT2D eigenvalue weighted by molar-refractivity contribution is -0.682. The summed E-state index contributed by atoms with van der Waals surface area (Å²) in [4.78, 5) is 11.9.